The fourth-order valence-corrected chi connectivity index (χ4v) is 3.49. The Balaban J connectivity index is 1.91. The van der Waals surface area contributed by atoms with Crippen LogP contribution in [0.3, 0.4) is 0 Å². The lowest BCUT2D eigenvalue weighted by Gasteiger charge is -2.27. The summed E-state index contributed by atoms with van der Waals surface area (Å²) in [5.74, 6) is 0.148. The van der Waals surface area contributed by atoms with Crippen molar-refractivity contribution in [3.05, 3.63) is 64.8 Å². The molecule has 0 saturated carbocycles. The third-order valence-corrected chi connectivity index (χ3v) is 4.51. The number of hydrogen-bond acceptors (Lipinski definition) is 2. The minimum Gasteiger partial charge on any atom is -0.508 e. The van der Waals surface area contributed by atoms with Crippen molar-refractivity contribution in [3.63, 3.8) is 0 Å². The Hall–Kier alpha value is -2.47. The molecule has 3 N–H and O–H groups in total. The average Bonchev–Trinajstić information content (AvgIpc) is 2.92. The normalized spacial score (nSPS) is 17.9. The van der Waals surface area contributed by atoms with Gasteiger partial charge in [-0.05, 0) is 41.8 Å². The maximum absolute atomic E-state index is 13.4. The summed E-state index contributed by atoms with van der Waals surface area (Å²) in [6.45, 7) is 0.576. The van der Waals surface area contributed by atoms with Crippen LogP contribution in [0.4, 0.5) is 13.2 Å². The summed E-state index contributed by atoms with van der Waals surface area (Å²) in [7, 11) is 0. The smallest absolute Gasteiger partial charge is 0.416 e. The van der Waals surface area contributed by atoms with E-state index in [1.165, 1.54) is 12.1 Å². The van der Waals surface area contributed by atoms with Crippen LogP contribution >= 0.6 is 0 Å². The monoisotopic (exact) mass is 332 g/mol. The molecule has 0 spiro atoms. The Kier molecular flexibility index (Phi) is 3.31. The van der Waals surface area contributed by atoms with E-state index in [9.17, 15) is 18.3 Å². The lowest BCUT2D eigenvalue weighted by Crippen LogP contribution is -2.32. The molecule has 1 aromatic heterocycles. The number of alkyl halides is 3. The fourth-order valence-electron chi connectivity index (χ4n) is 3.49. The highest BCUT2D eigenvalue weighted by Gasteiger charge is 2.37. The highest BCUT2D eigenvalue weighted by molar-refractivity contribution is 5.86. The van der Waals surface area contributed by atoms with Crippen LogP contribution in [-0.2, 0) is 12.6 Å². The average molecular weight is 332 g/mol. The van der Waals surface area contributed by atoms with Crippen molar-refractivity contribution >= 4 is 10.9 Å². The molecule has 2 heterocycles. The number of H-pyrrole nitrogens is 1. The quantitative estimate of drug-likeness (QED) is 0.627. The Morgan fingerprint density at radius 1 is 1.08 bits per heavy atom. The summed E-state index contributed by atoms with van der Waals surface area (Å²) in [6.07, 6.45) is -3.70. The van der Waals surface area contributed by atoms with E-state index in [1.54, 1.807) is 24.3 Å². The van der Waals surface area contributed by atoms with Crippen molar-refractivity contribution < 1.29 is 18.3 Å². The second-order valence-corrected chi connectivity index (χ2v) is 5.97. The van der Waals surface area contributed by atoms with Crippen molar-refractivity contribution in [2.24, 2.45) is 0 Å². The molecule has 0 aliphatic carbocycles. The molecular formula is C18H15F3N2O. The van der Waals surface area contributed by atoms with E-state index >= 15 is 0 Å². The summed E-state index contributed by atoms with van der Waals surface area (Å²) < 4.78 is 40.1. The molecule has 1 aliphatic heterocycles. The topological polar surface area (TPSA) is 48.0 Å². The first-order valence-corrected chi connectivity index (χ1v) is 7.68. The minimum absolute atomic E-state index is 0.148. The van der Waals surface area contributed by atoms with Crippen molar-refractivity contribution in [1.29, 1.82) is 0 Å². The molecular weight excluding hydrogens is 317 g/mol. The van der Waals surface area contributed by atoms with Crippen LogP contribution < -0.4 is 5.32 Å². The first-order valence-electron chi connectivity index (χ1n) is 7.68. The van der Waals surface area contributed by atoms with E-state index in [-0.39, 0.29) is 11.3 Å². The van der Waals surface area contributed by atoms with Gasteiger partial charge < -0.3 is 15.4 Å². The van der Waals surface area contributed by atoms with Crippen molar-refractivity contribution in [1.82, 2.24) is 10.3 Å². The van der Waals surface area contributed by atoms with Crippen LogP contribution in [0.2, 0.25) is 0 Å². The van der Waals surface area contributed by atoms with E-state index < -0.39 is 17.8 Å². The molecule has 3 nitrogen and oxygen atoms in total. The lowest BCUT2D eigenvalue weighted by molar-refractivity contribution is -0.138. The second-order valence-electron chi connectivity index (χ2n) is 5.97. The Morgan fingerprint density at radius 3 is 2.67 bits per heavy atom. The zero-order valence-corrected chi connectivity index (χ0v) is 12.6. The highest BCUT2D eigenvalue weighted by Crippen LogP contribution is 2.40. The number of fused-ring (bicyclic) bond motifs is 3. The minimum atomic E-state index is -4.40. The maximum Gasteiger partial charge on any atom is 0.416 e. The van der Waals surface area contributed by atoms with Gasteiger partial charge in [0, 0.05) is 23.1 Å². The van der Waals surface area contributed by atoms with Gasteiger partial charge in [-0.15, -0.1) is 0 Å². The predicted molar refractivity (Wildman–Crippen MR) is 85.0 cm³/mol. The van der Waals surface area contributed by atoms with Gasteiger partial charge in [-0.3, -0.25) is 0 Å². The number of nitrogens with one attached hydrogen (secondary N) is 2. The summed E-state index contributed by atoms with van der Waals surface area (Å²) in [6, 6.07) is 10.1. The molecule has 0 radical (unpaired) electrons. The van der Waals surface area contributed by atoms with E-state index in [0.717, 1.165) is 28.2 Å². The molecule has 124 valence electrons. The van der Waals surface area contributed by atoms with Crippen LogP contribution in [0.5, 0.6) is 5.75 Å². The summed E-state index contributed by atoms with van der Waals surface area (Å²) in [5.41, 5.74) is 2.09. The van der Waals surface area contributed by atoms with Gasteiger partial charge >= 0.3 is 6.18 Å². The largest absolute Gasteiger partial charge is 0.508 e. The third-order valence-electron chi connectivity index (χ3n) is 4.51. The van der Waals surface area contributed by atoms with Gasteiger partial charge in [0.1, 0.15) is 5.75 Å². The molecule has 1 atom stereocenters. The molecule has 0 saturated heterocycles. The van der Waals surface area contributed by atoms with Gasteiger partial charge in [-0.2, -0.15) is 13.2 Å². The summed E-state index contributed by atoms with van der Waals surface area (Å²) in [4.78, 5) is 3.23. The number of rotatable bonds is 1. The Bertz CT molecular complexity index is 914. The van der Waals surface area contributed by atoms with E-state index in [4.69, 9.17) is 0 Å². The molecule has 2 aromatic carbocycles. The predicted octanol–water partition coefficient (Wildman–Crippen LogP) is 4.13. The third kappa shape index (κ3) is 2.34. The molecule has 1 unspecified atom stereocenters. The van der Waals surface area contributed by atoms with Gasteiger partial charge in [-0.1, -0.05) is 18.2 Å². The SMILES string of the molecule is Oc1ccc2[nH]c3c(c2c1)CCNC3c1ccccc1C(F)(F)F. The number of phenolic OH excluding ortho intramolecular Hbond substituents is 1. The van der Waals surface area contributed by atoms with Crippen LogP contribution in [-0.4, -0.2) is 16.6 Å². The van der Waals surface area contributed by atoms with Crippen LogP contribution in [0, 0.1) is 0 Å². The first kappa shape index (κ1) is 15.1. The molecule has 1 aliphatic rings. The number of halogens is 3. The van der Waals surface area contributed by atoms with Crippen molar-refractivity contribution in [3.8, 4) is 5.75 Å². The van der Waals surface area contributed by atoms with Gasteiger partial charge in [-0.25, -0.2) is 0 Å². The molecule has 3 aromatic rings. The zero-order valence-electron chi connectivity index (χ0n) is 12.6. The first-order chi connectivity index (χ1) is 11.4. The summed E-state index contributed by atoms with van der Waals surface area (Å²) in [5, 5.41) is 13.8. The molecule has 0 amide bonds. The fraction of sp³-hybridized carbons (Fsp3) is 0.222. The van der Waals surface area contributed by atoms with Crippen LogP contribution in [0.25, 0.3) is 10.9 Å². The Labute approximate surface area is 136 Å². The van der Waals surface area contributed by atoms with E-state index in [1.807, 2.05) is 0 Å². The number of aromatic amines is 1. The molecule has 6 heteroatoms. The zero-order chi connectivity index (χ0) is 16.9. The summed E-state index contributed by atoms with van der Waals surface area (Å²) >= 11 is 0. The standard InChI is InChI=1S/C18H15F3N2O/c19-18(20,21)14-4-2-1-3-12(14)16-17-11(7-8-22-16)13-9-10(24)5-6-15(13)23-17/h1-6,9,16,22-24H,7-8H2. The van der Waals surface area contributed by atoms with Crippen molar-refractivity contribution in [2.45, 2.75) is 18.6 Å². The Morgan fingerprint density at radius 2 is 1.88 bits per heavy atom. The van der Waals surface area contributed by atoms with Crippen LogP contribution in [0.1, 0.15) is 28.4 Å². The maximum atomic E-state index is 13.4. The van der Waals surface area contributed by atoms with Crippen molar-refractivity contribution in [2.75, 3.05) is 6.54 Å². The number of phenols is 1. The molecule has 0 fully saturated rings. The van der Waals surface area contributed by atoms with E-state index in [2.05, 4.69) is 10.3 Å². The van der Waals surface area contributed by atoms with Crippen LogP contribution in [0.15, 0.2) is 42.5 Å². The second kappa shape index (κ2) is 5.27. The number of hydrogen-bond donors (Lipinski definition) is 3. The van der Waals surface area contributed by atoms with E-state index in [0.29, 0.717) is 13.0 Å². The molecule has 24 heavy (non-hydrogen) atoms. The molecule has 0 bridgehead atoms. The number of benzene rings is 2. The number of aromatic nitrogens is 1. The van der Waals surface area contributed by atoms with Gasteiger partial charge in [0.25, 0.3) is 0 Å². The van der Waals surface area contributed by atoms with Gasteiger partial charge in [0.15, 0.2) is 0 Å². The highest BCUT2D eigenvalue weighted by atomic mass is 19.4. The van der Waals surface area contributed by atoms with Gasteiger partial charge in [0.05, 0.1) is 11.6 Å². The lowest BCUT2D eigenvalue weighted by atomic mass is 9.91. The van der Waals surface area contributed by atoms with Gasteiger partial charge in [0.2, 0.25) is 0 Å². The molecule has 4 rings (SSSR count). The number of aromatic hydroxyl groups is 1.